The molecule has 0 radical (unpaired) electrons. The first-order chi connectivity index (χ1) is 9.96. The van der Waals surface area contributed by atoms with Crippen molar-refractivity contribution in [2.75, 3.05) is 0 Å². The third-order valence-electron chi connectivity index (χ3n) is 4.39. The molecule has 21 heavy (non-hydrogen) atoms. The molecule has 1 aromatic rings. The quantitative estimate of drug-likeness (QED) is 0.444. The average molecular weight is 361 g/mol. The van der Waals surface area contributed by atoms with Crippen molar-refractivity contribution >= 4 is 15.9 Å². The predicted molar refractivity (Wildman–Crippen MR) is 91.2 cm³/mol. The van der Waals surface area contributed by atoms with Gasteiger partial charge in [0.1, 0.15) is 4.60 Å². The van der Waals surface area contributed by atoms with Crippen LogP contribution < -0.4 is 0 Å². The number of hydrogen-bond acceptors (Lipinski definition) is 1. The second-order valence-electron chi connectivity index (χ2n) is 6.38. The smallest absolute Gasteiger partial charge is 0.216 e. The molecule has 0 spiro atoms. The maximum absolute atomic E-state index is 14.4. The van der Waals surface area contributed by atoms with Crippen LogP contribution in [-0.4, -0.2) is 9.78 Å². The lowest BCUT2D eigenvalue weighted by Crippen LogP contribution is -2.32. The van der Waals surface area contributed by atoms with Crippen LogP contribution in [0.1, 0.15) is 84.1 Å². The summed E-state index contributed by atoms with van der Waals surface area (Å²) in [7, 11) is 0. The Morgan fingerprint density at radius 2 is 1.62 bits per heavy atom. The summed E-state index contributed by atoms with van der Waals surface area (Å²) in [4.78, 5) is 0. The van der Waals surface area contributed by atoms with Gasteiger partial charge in [-0.2, -0.15) is 9.49 Å². The van der Waals surface area contributed by atoms with Gasteiger partial charge in [0.15, 0.2) is 0 Å². The maximum Gasteiger partial charge on any atom is 0.216 e. The fraction of sp³-hybridized carbons (Fsp3) is 0.824. The second kappa shape index (κ2) is 8.92. The molecule has 4 heteroatoms. The van der Waals surface area contributed by atoms with Crippen LogP contribution in [0.15, 0.2) is 4.60 Å². The van der Waals surface area contributed by atoms with E-state index in [0.29, 0.717) is 10.2 Å². The molecule has 0 N–H and O–H groups in total. The minimum absolute atomic E-state index is 0.186. The first-order valence-electron chi connectivity index (χ1n) is 8.37. The fourth-order valence-corrected chi connectivity index (χ4v) is 3.13. The lowest BCUT2D eigenvalue weighted by Gasteiger charge is -2.30. The Kier molecular flexibility index (Phi) is 7.93. The Balaban J connectivity index is 2.79. The molecular weight excluding hydrogens is 331 g/mol. The highest BCUT2D eigenvalue weighted by Crippen LogP contribution is 2.32. The van der Waals surface area contributed by atoms with Gasteiger partial charge in [-0.15, -0.1) is 0 Å². The molecule has 0 aliphatic rings. The topological polar surface area (TPSA) is 17.8 Å². The third-order valence-corrected chi connectivity index (χ3v) is 5.15. The van der Waals surface area contributed by atoms with Crippen LogP contribution in [0.25, 0.3) is 0 Å². The molecule has 0 saturated heterocycles. The highest BCUT2D eigenvalue weighted by Gasteiger charge is 2.30. The number of halogens is 2. The maximum atomic E-state index is 14.4. The Bertz CT molecular complexity index is 431. The zero-order valence-corrected chi connectivity index (χ0v) is 15.6. The number of hydrogen-bond donors (Lipinski definition) is 0. The van der Waals surface area contributed by atoms with Crippen molar-refractivity contribution in [2.45, 2.75) is 91.0 Å². The molecule has 1 aromatic heterocycles. The van der Waals surface area contributed by atoms with E-state index in [1.165, 1.54) is 25.7 Å². The molecule has 0 bridgehead atoms. The van der Waals surface area contributed by atoms with E-state index in [1.54, 1.807) is 11.6 Å². The van der Waals surface area contributed by atoms with Crippen molar-refractivity contribution < 1.29 is 4.39 Å². The van der Waals surface area contributed by atoms with Gasteiger partial charge in [0, 0.05) is 5.56 Å². The zero-order chi connectivity index (χ0) is 15.9. The molecule has 1 atom stereocenters. The summed E-state index contributed by atoms with van der Waals surface area (Å²) in [5, 5.41) is 4.41. The van der Waals surface area contributed by atoms with Gasteiger partial charge in [0.25, 0.3) is 0 Å². The standard InChI is InChI=1S/C17H30BrFN2/c1-5-7-9-10-11-13-17(4,12-8-6-2)21-16(19)14(3)15(18)20-21/h5-13H2,1-4H3. The number of rotatable bonds is 10. The minimum atomic E-state index is -0.205. The van der Waals surface area contributed by atoms with Crippen molar-refractivity contribution in [2.24, 2.45) is 0 Å². The van der Waals surface area contributed by atoms with Gasteiger partial charge in [-0.25, -0.2) is 4.68 Å². The normalized spacial score (nSPS) is 14.4. The van der Waals surface area contributed by atoms with Crippen molar-refractivity contribution in [3.05, 3.63) is 16.1 Å². The first-order valence-corrected chi connectivity index (χ1v) is 9.16. The van der Waals surface area contributed by atoms with Crippen LogP contribution in [0.3, 0.4) is 0 Å². The number of aromatic nitrogens is 2. The van der Waals surface area contributed by atoms with Crippen LogP contribution in [0.5, 0.6) is 0 Å². The molecule has 122 valence electrons. The van der Waals surface area contributed by atoms with Gasteiger partial charge in [-0.3, -0.25) is 0 Å². The van der Waals surface area contributed by atoms with E-state index >= 15 is 0 Å². The predicted octanol–water partition coefficient (Wildman–Crippen LogP) is 6.36. The Morgan fingerprint density at radius 3 is 2.14 bits per heavy atom. The summed E-state index contributed by atoms with van der Waals surface area (Å²) in [5.74, 6) is -0.186. The van der Waals surface area contributed by atoms with Crippen LogP contribution in [-0.2, 0) is 5.54 Å². The summed E-state index contributed by atoms with van der Waals surface area (Å²) in [6.07, 6.45) is 10.5. The van der Waals surface area contributed by atoms with Gasteiger partial charge in [0.2, 0.25) is 5.95 Å². The van der Waals surface area contributed by atoms with E-state index in [2.05, 4.69) is 41.8 Å². The van der Waals surface area contributed by atoms with Crippen LogP contribution >= 0.6 is 15.9 Å². The molecule has 0 saturated carbocycles. The lowest BCUT2D eigenvalue weighted by molar-refractivity contribution is 0.199. The summed E-state index contributed by atoms with van der Waals surface area (Å²) in [5.41, 5.74) is 0.409. The van der Waals surface area contributed by atoms with Gasteiger partial charge in [0.05, 0.1) is 5.54 Å². The Labute approximate surface area is 137 Å². The first kappa shape index (κ1) is 18.7. The molecule has 0 aromatic carbocycles. The van der Waals surface area contributed by atoms with Crippen LogP contribution in [0.4, 0.5) is 4.39 Å². The van der Waals surface area contributed by atoms with Crippen molar-refractivity contribution in [1.29, 1.82) is 0 Å². The lowest BCUT2D eigenvalue weighted by atomic mass is 9.88. The molecule has 1 heterocycles. The minimum Gasteiger partial charge on any atom is -0.232 e. The monoisotopic (exact) mass is 360 g/mol. The fourth-order valence-electron chi connectivity index (χ4n) is 2.81. The summed E-state index contributed by atoms with van der Waals surface area (Å²) in [6.45, 7) is 8.35. The summed E-state index contributed by atoms with van der Waals surface area (Å²) < 4.78 is 16.7. The average Bonchev–Trinajstić information content (AvgIpc) is 2.73. The molecule has 0 amide bonds. The van der Waals surface area contributed by atoms with Crippen LogP contribution in [0.2, 0.25) is 0 Å². The van der Waals surface area contributed by atoms with E-state index in [4.69, 9.17) is 0 Å². The number of unbranched alkanes of at least 4 members (excludes halogenated alkanes) is 5. The third kappa shape index (κ3) is 5.08. The van der Waals surface area contributed by atoms with E-state index in [0.717, 1.165) is 32.1 Å². The van der Waals surface area contributed by atoms with E-state index in [1.807, 2.05) is 0 Å². The number of nitrogens with zero attached hydrogens (tertiary/aromatic N) is 2. The molecule has 0 aliphatic carbocycles. The van der Waals surface area contributed by atoms with E-state index in [-0.39, 0.29) is 11.5 Å². The largest absolute Gasteiger partial charge is 0.232 e. The molecule has 0 aliphatic heterocycles. The molecule has 0 fully saturated rings. The highest BCUT2D eigenvalue weighted by atomic mass is 79.9. The summed E-state index contributed by atoms with van der Waals surface area (Å²) >= 11 is 3.36. The van der Waals surface area contributed by atoms with Crippen molar-refractivity contribution in [3.63, 3.8) is 0 Å². The van der Waals surface area contributed by atoms with Gasteiger partial charge in [-0.05, 0) is 42.6 Å². The molecule has 1 unspecified atom stereocenters. The summed E-state index contributed by atoms with van der Waals surface area (Å²) in [6, 6.07) is 0. The van der Waals surface area contributed by atoms with Gasteiger partial charge in [-0.1, -0.05) is 58.8 Å². The Hall–Kier alpha value is -0.380. The van der Waals surface area contributed by atoms with Gasteiger partial charge >= 0.3 is 0 Å². The molecular formula is C17H30BrFN2. The van der Waals surface area contributed by atoms with Crippen molar-refractivity contribution in [1.82, 2.24) is 9.78 Å². The highest BCUT2D eigenvalue weighted by molar-refractivity contribution is 9.10. The molecule has 2 nitrogen and oxygen atoms in total. The van der Waals surface area contributed by atoms with Gasteiger partial charge < -0.3 is 0 Å². The molecule has 1 rings (SSSR count). The SMILES string of the molecule is CCCCCCCC(C)(CCCC)n1nc(Br)c(C)c1F. The Morgan fingerprint density at radius 1 is 1.05 bits per heavy atom. The second-order valence-corrected chi connectivity index (χ2v) is 7.13. The van der Waals surface area contributed by atoms with Crippen LogP contribution in [0, 0.1) is 12.9 Å². The van der Waals surface area contributed by atoms with E-state index in [9.17, 15) is 4.39 Å². The van der Waals surface area contributed by atoms with Crippen molar-refractivity contribution in [3.8, 4) is 0 Å². The van der Waals surface area contributed by atoms with E-state index < -0.39 is 0 Å². The zero-order valence-electron chi connectivity index (χ0n) is 14.0.